The second-order valence-corrected chi connectivity index (χ2v) is 5.59. The molecular weight excluding hydrogens is 208 g/mol. The van der Waals surface area contributed by atoms with Gasteiger partial charge in [0.15, 0.2) is 0 Å². The molecule has 1 fully saturated rings. The predicted molar refractivity (Wildman–Crippen MR) is 71.2 cm³/mol. The highest BCUT2D eigenvalue weighted by molar-refractivity contribution is 5.35. The molecule has 0 bridgehead atoms. The molecule has 17 heavy (non-hydrogen) atoms. The maximum absolute atomic E-state index is 3.68. The van der Waals surface area contributed by atoms with Crippen molar-refractivity contribution in [2.45, 2.75) is 38.3 Å². The number of hydrogen-bond acceptors (Lipinski definition) is 2. The van der Waals surface area contributed by atoms with Crippen LogP contribution in [-0.4, -0.2) is 31.1 Å². The van der Waals surface area contributed by atoms with Crippen molar-refractivity contribution in [3.8, 4) is 0 Å². The van der Waals surface area contributed by atoms with Crippen molar-refractivity contribution in [3.05, 3.63) is 34.9 Å². The predicted octanol–water partition coefficient (Wildman–Crippen LogP) is 1.97. The van der Waals surface area contributed by atoms with Crippen LogP contribution in [0.3, 0.4) is 0 Å². The summed E-state index contributed by atoms with van der Waals surface area (Å²) in [6.07, 6.45) is 5.22. The summed E-state index contributed by atoms with van der Waals surface area (Å²) >= 11 is 0. The monoisotopic (exact) mass is 230 g/mol. The summed E-state index contributed by atoms with van der Waals surface area (Å²) in [7, 11) is 2.21. The van der Waals surface area contributed by atoms with Crippen LogP contribution in [0.2, 0.25) is 0 Å². The van der Waals surface area contributed by atoms with Crippen LogP contribution in [0.5, 0.6) is 0 Å². The average Bonchev–Trinajstić information content (AvgIpc) is 2.94. The van der Waals surface area contributed by atoms with Gasteiger partial charge in [0.05, 0.1) is 0 Å². The van der Waals surface area contributed by atoms with E-state index in [4.69, 9.17) is 0 Å². The lowest BCUT2D eigenvalue weighted by Crippen LogP contribution is -2.30. The largest absolute Gasteiger partial charge is 0.309 e. The van der Waals surface area contributed by atoms with E-state index in [0.717, 1.165) is 6.54 Å². The van der Waals surface area contributed by atoms with Crippen molar-refractivity contribution in [2.24, 2.45) is 0 Å². The smallest absolute Gasteiger partial charge is 0.0210 e. The third kappa shape index (κ3) is 2.53. The first-order valence-corrected chi connectivity index (χ1v) is 6.84. The summed E-state index contributed by atoms with van der Waals surface area (Å²) in [4.78, 5) is 2.40. The first-order valence-electron chi connectivity index (χ1n) is 6.84. The Morgan fingerprint density at radius 2 is 2.18 bits per heavy atom. The fourth-order valence-corrected chi connectivity index (χ4v) is 3.10. The van der Waals surface area contributed by atoms with Gasteiger partial charge in [0.25, 0.3) is 0 Å². The number of rotatable bonds is 3. The van der Waals surface area contributed by atoms with E-state index >= 15 is 0 Å². The number of nitrogens with one attached hydrogen (secondary N) is 1. The molecule has 2 heteroatoms. The van der Waals surface area contributed by atoms with E-state index in [1.165, 1.54) is 44.3 Å². The van der Waals surface area contributed by atoms with Gasteiger partial charge >= 0.3 is 0 Å². The Balaban J connectivity index is 1.58. The number of likely N-dealkylation sites (N-methyl/N-ethyl adjacent to an activating group) is 1. The number of hydrogen-bond donors (Lipinski definition) is 1. The molecule has 2 nitrogen and oxygen atoms in total. The summed E-state index contributed by atoms with van der Waals surface area (Å²) in [5, 5.41) is 3.68. The fourth-order valence-electron chi connectivity index (χ4n) is 3.10. The summed E-state index contributed by atoms with van der Waals surface area (Å²) in [5.41, 5.74) is 4.63. The Hall–Kier alpha value is -0.860. The van der Waals surface area contributed by atoms with E-state index in [2.05, 4.69) is 35.5 Å². The van der Waals surface area contributed by atoms with Gasteiger partial charge < -0.3 is 10.2 Å². The van der Waals surface area contributed by atoms with E-state index in [0.29, 0.717) is 6.04 Å². The van der Waals surface area contributed by atoms with Crippen molar-refractivity contribution in [1.29, 1.82) is 0 Å². The molecule has 2 aliphatic rings. The SMILES string of the molecule is CN1CCC(NCc2ccc3c(c2)CCC3)C1. The lowest BCUT2D eigenvalue weighted by Gasteiger charge is -2.13. The van der Waals surface area contributed by atoms with E-state index in [1.807, 2.05) is 0 Å². The van der Waals surface area contributed by atoms with Crippen LogP contribution >= 0.6 is 0 Å². The highest BCUT2D eigenvalue weighted by Gasteiger charge is 2.18. The third-order valence-corrected chi connectivity index (χ3v) is 4.15. The summed E-state index contributed by atoms with van der Waals surface area (Å²) in [6, 6.07) is 7.73. The Bertz CT molecular complexity index is 400. The molecule has 1 atom stereocenters. The van der Waals surface area contributed by atoms with E-state index in [9.17, 15) is 0 Å². The molecule has 92 valence electrons. The molecule has 1 unspecified atom stereocenters. The Morgan fingerprint density at radius 3 is 3.00 bits per heavy atom. The van der Waals surface area contributed by atoms with Gasteiger partial charge in [-0.2, -0.15) is 0 Å². The van der Waals surface area contributed by atoms with Gasteiger partial charge in [0.1, 0.15) is 0 Å². The molecular formula is C15H22N2. The normalized spacial score (nSPS) is 24.2. The first kappa shape index (κ1) is 11.2. The zero-order valence-corrected chi connectivity index (χ0v) is 10.7. The minimum atomic E-state index is 0.688. The fraction of sp³-hybridized carbons (Fsp3) is 0.600. The first-order chi connectivity index (χ1) is 8.31. The van der Waals surface area contributed by atoms with Crippen LogP contribution in [0.4, 0.5) is 0 Å². The second-order valence-electron chi connectivity index (χ2n) is 5.59. The quantitative estimate of drug-likeness (QED) is 0.854. The molecule has 0 spiro atoms. The van der Waals surface area contributed by atoms with Gasteiger partial charge in [-0.25, -0.2) is 0 Å². The van der Waals surface area contributed by atoms with Crippen molar-refractivity contribution in [1.82, 2.24) is 10.2 Å². The standard InChI is InChI=1S/C15H22N2/c1-17-8-7-15(11-17)16-10-12-5-6-13-3-2-4-14(13)9-12/h5-6,9,15-16H,2-4,7-8,10-11H2,1H3. The number of aryl methyl sites for hydroxylation is 2. The van der Waals surface area contributed by atoms with Crippen molar-refractivity contribution in [3.63, 3.8) is 0 Å². The maximum Gasteiger partial charge on any atom is 0.0210 e. The maximum atomic E-state index is 3.68. The molecule has 1 aliphatic heterocycles. The minimum Gasteiger partial charge on any atom is -0.309 e. The molecule has 1 aromatic rings. The molecule has 0 amide bonds. The number of nitrogens with zero attached hydrogens (tertiary/aromatic N) is 1. The highest BCUT2D eigenvalue weighted by Crippen LogP contribution is 2.22. The molecule has 3 rings (SSSR count). The topological polar surface area (TPSA) is 15.3 Å². The summed E-state index contributed by atoms with van der Waals surface area (Å²) in [5.74, 6) is 0. The molecule has 1 heterocycles. The second kappa shape index (κ2) is 4.79. The van der Waals surface area contributed by atoms with Crippen LogP contribution in [0.15, 0.2) is 18.2 Å². The van der Waals surface area contributed by atoms with E-state index in [1.54, 1.807) is 11.1 Å². The van der Waals surface area contributed by atoms with Crippen molar-refractivity contribution < 1.29 is 0 Å². The third-order valence-electron chi connectivity index (χ3n) is 4.15. The molecule has 1 N–H and O–H groups in total. The van der Waals surface area contributed by atoms with Crippen molar-refractivity contribution >= 4 is 0 Å². The van der Waals surface area contributed by atoms with Crippen LogP contribution in [0, 0.1) is 0 Å². The number of benzene rings is 1. The Morgan fingerprint density at radius 1 is 1.29 bits per heavy atom. The van der Waals surface area contributed by atoms with Crippen LogP contribution in [0.25, 0.3) is 0 Å². The molecule has 1 aromatic carbocycles. The van der Waals surface area contributed by atoms with Crippen molar-refractivity contribution in [2.75, 3.05) is 20.1 Å². The number of likely N-dealkylation sites (tertiary alicyclic amines) is 1. The van der Waals surface area contributed by atoms with Crippen LogP contribution in [0.1, 0.15) is 29.5 Å². The lowest BCUT2D eigenvalue weighted by molar-refractivity contribution is 0.397. The van der Waals surface area contributed by atoms with E-state index < -0.39 is 0 Å². The molecule has 0 radical (unpaired) electrons. The molecule has 1 saturated heterocycles. The molecule has 1 aliphatic carbocycles. The van der Waals surface area contributed by atoms with Crippen LogP contribution in [-0.2, 0) is 19.4 Å². The Kier molecular flexibility index (Phi) is 3.17. The van der Waals surface area contributed by atoms with Crippen LogP contribution < -0.4 is 5.32 Å². The van der Waals surface area contributed by atoms with E-state index in [-0.39, 0.29) is 0 Å². The number of fused-ring (bicyclic) bond motifs is 1. The van der Waals surface area contributed by atoms with Gasteiger partial charge in [-0.3, -0.25) is 0 Å². The average molecular weight is 230 g/mol. The van der Waals surface area contributed by atoms with Gasteiger partial charge in [-0.05, 0) is 56.0 Å². The zero-order valence-electron chi connectivity index (χ0n) is 10.7. The van der Waals surface area contributed by atoms with Gasteiger partial charge in [-0.15, -0.1) is 0 Å². The minimum absolute atomic E-state index is 0.688. The van der Waals surface area contributed by atoms with Gasteiger partial charge in [0.2, 0.25) is 0 Å². The molecule has 0 saturated carbocycles. The molecule has 0 aromatic heterocycles. The van der Waals surface area contributed by atoms with Gasteiger partial charge in [0, 0.05) is 19.1 Å². The lowest BCUT2D eigenvalue weighted by atomic mass is 10.1. The zero-order chi connectivity index (χ0) is 11.7. The highest BCUT2D eigenvalue weighted by atomic mass is 15.2. The summed E-state index contributed by atoms with van der Waals surface area (Å²) in [6.45, 7) is 3.47. The summed E-state index contributed by atoms with van der Waals surface area (Å²) < 4.78 is 0. The van der Waals surface area contributed by atoms with Gasteiger partial charge in [-0.1, -0.05) is 18.2 Å². The Labute approximate surface area is 104 Å².